The fourth-order valence-corrected chi connectivity index (χ4v) is 1.70. The topological polar surface area (TPSA) is 109 Å². The molecule has 0 unspecified atom stereocenters. The summed E-state index contributed by atoms with van der Waals surface area (Å²) >= 11 is 0. The lowest BCUT2D eigenvalue weighted by molar-refractivity contribution is 0.637. The Hall–Kier alpha value is -2.18. The third-order valence-corrected chi connectivity index (χ3v) is 2.53. The maximum atomic E-state index is 5.51. The van der Waals surface area contributed by atoms with Gasteiger partial charge in [0.05, 0.1) is 0 Å². The molecule has 4 N–H and O–H groups in total. The van der Waals surface area contributed by atoms with Gasteiger partial charge in [-0.25, -0.2) is 4.98 Å². The van der Waals surface area contributed by atoms with E-state index in [2.05, 4.69) is 24.5 Å². The molecule has 7 heteroatoms. The van der Waals surface area contributed by atoms with Crippen LogP contribution in [0.4, 0.5) is 11.9 Å². The van der Waals surface area contributed by atoms with E-state index in [-0.39, 0.29) is 11.9 Å². The van der Waals surface area contributed by atoms with Crippen molar-refractivity contribution in [1.82, 2.24) is 24.5 Å². The molecule has 90 valence electrons. The van der Waals surface area contributed by atoms with Crippen molar-refractivity contribution in [2.45, 2.75) is 26.8 Å². The van der Waals surface area contributed by atoms with E-state index in [0.717, 1.165) is 18.1 Å². The Kier molecular flexibility index (Phi) is 2.90. The van der Waals surface area contributed by atoms with Crippen LogP contribution in [0.2, 0.25) is 0 Å². The highest BCUT2D eigenvalue weighted by Gasteiger charge is 2.05. The van der Waals surface area contributed by atoms with Crippen LogP contribution >= 0.6 is 0 Å². The number of nitrogens with zero attached hydrogens (tertiary/aromatic N) is 5. The minimum atomic E-state index is 0.159. The predicted molar refractivity (Wildman–Crippen MR) is 64.1 cm³/mol. The Balaban J connectivity index is 2.12. The Morgan fingerprint density at radius 3 is 2.29 bits per heavy atom. The van der Waals surface area contributed by atoms with E-state index in [4.69, 9.17) is 11.5 Å². The first-order valence-electron chi connectivity index (χ1n) is 5.31. The SMILES string of the molecule is Cc1cnc(C)n1CCc1nc(N)nc(N)n1. The molecular weight excluding hydrogens is 218 g/mol. The Bertz CT molecular complexity index is 492. The molecule has 0 bridgehead atoms. The van der Waals surface area contributed by atoms with Gasteiger partial charge in [-0.15, -0.1) is 0 Å². The molecule has 0 amide bonds. The van der Waals surface area contributed by atoms with Crippen molar-refractivity contribution in [3.63, 3.8) is 0 Å². The van der Waals surface area contributed by atoms with Gasteiger partial charge in [0, 0.05) is 24.9 Å². The number of hydrogen-bond acceptors (Lipinski definition) is 6. The molecule has 0 saturated heterocycles. The van der Waals surface area contributed by atoms with Gasteiger partial charge < -0.3 is 16.0 Å². The Labute approximate surface area is 98.9 Å². The summed E-state index contributed by atoms with van der Waals surface area (Å²) in [5, 5.41) is 0. The largest absolute Gasteiger partial charge is 0.368 e. The number of hydrogen-bond donors (Lipinski definition) is 2. The molecule has 7 nitrogen and oxygen atoms in total. The van der Waals surface area contributed by atoms with Crippen molar-refractivity contribution in [2.24, 2.45) is 0 Å². The molecule has 0 aliphatic rings. The molecule has 2 aromatic heterocycles. The van der Waals surface area contributed by atoms with Crippen LogP contribution < -0.4 is 11.5 Å². The summed E-state index contributed by atoms with van der Waals surface area (Å²) in [6.45, 7) is 4.72. The van der Waals surface area contributed by atoms with Crippen molar-refractivity contribution < 1.29 is 0 Å². The van der Waals surface area contributed by atoms with Gasteiger partial charge in [0.25, 0.3) is 0 Å². The van der Waals surface area contributed by atoms with Gasteiger partial charge in [0.2, 0.25) is 11.9 Å². The quantitative estimate of drug-likeness (QED) is 0.777. The standard InChI is InChI=1S/C10H15N7/c1-6-5-13-7(2)17(6)4-3-8-14-9(11)16-10(12)15-8/h5H,3-4H2,1-2H3,(H4,11,12,14,15,16). The summed E-state index contributed by atoms with van der Waals surface area (Å²) in [4.78, 5) is 16.0. The van der Waals surface area contributed by atoms with Crippen LogP contribution in [0.15, 0.2) is 6.20 Å². The van der Waals surface area contributed by atoms with Crippen LogP contribution in [-0.2, 0) is 13.0 Å². The lowest BCUT2D eigenvalue weighted by Gasteiger charge is -2.07. The molecule has 2 heterocycles. The third kappa shape index (κ3) is 2.49. The number of nitrogens with two attached hydrogens (primary N) is 2. The molecule has 0 aromatic carbocycles. The minimum Gasteiger partial charge on any atom is -0.368 e. The van der Waals surface area contributed by atoms with Crippen LogP contribution in [0.25, 0.3) is 0 Å². The van der Waals surface area contributed by atoms with Crippen molar-refractivity contribution in [3.8, 4) is 0 Å². The smallest absolute Gasteiger partial charge is 0.225 e. The number of nitrogen functional groups attached to an aromatic ring is 2. The normalized spacial score (nSPS) is 10.7. The molecule has 0 aliphatic carbocycles. The number of rotatable bonds is 3. The molecule has 0 atom stereocenters. The summed E-state index contributed by atoms with van der Waals surface area (Å²) in [5.41, 5.74) is 12.1. The first-order valence-corrected chi connectivity index (χ1v) is 5.31. The molecule has 0 spiro atoms. The monoisotopic (exact) mass is 233 g/mol. The zero-order valence-corrected chi connectivity index (χ0v) is 9.88. The number of anilines is 2. The maximum Gasteiger partial charge on any atom is 0.225 e. The predicted octanol–water partition coefficient (Wildman–Crippen LogP) is 0.0920. The van der Waals surface area contributed by atoms with E-state index in [0.29, 0.717) is 12.2 Å². The lowest BCUT2D eigenvalue weighted by atomic mass is 10.3. The molecule has 0 aliphatic heterocycles. The van der Waals surface area contributed by atoms with Gasteiger partial charge in [0.15, 0.2) is 0 Å². The van der Waals surface area contributed by atoms with Gasteiger partial charge in [0.1, 0.15) is 11.6 Å². The zero-order valence-electron chi connectivity index (χ0n) is 9.88. The van der Waals surface area contributed by atoms with E-state index in [9.17, 15) is 0 Å². The van der Waals surface area contributed by atoms with E-state index in [1.165, 1.54) is 0 Å². The van der Waals surface area contributed by atoms with Gasteiger partial charge >= 0.3 is 0 Å². The van der Waals surface area contributed by atoms with Crippen LogP contribution in [-0.4, -0.2) is 24.5 Å². The molecule has 0 saturated carbocycles. The van der Waals surface area contributed by atoms with Crippen molar-refractivity contribution in [3.05, 3.63) is 23.5 Å². The maximum absolute atomic E-state index is 5.51. The summed E-state index contributed by atoms with van der Waals surface area (Å²) in [7, 11) is 0. The molecule has 0 fully saturated rings. The van der Waals surface area contributed by atoms with E-state index < -0.39 is 0 Å². The minimum absolute atomic E-state index is 0.159. The zero-order chi connectivity index (χ0) is 12.4. The summed E-state index contributed by atoms with van der Waals surface area (Å²) in [5.74, 6) is 1.89. The number of aryl methyl sites for hydroxylation is 3. The van der Waals surface area contributed by atoms with Crippen molar-refractivity contribution in [2.75, 3.05) is 11.5 Å². The van der Waals surface area contributed by atoms with Crippen LogP contribution in [0.5, 0.6) is 0 Å². The average molecular weight is 233 g/mol. The van der Waals surface area contributed by atoms with E-state index in [1.54, 1.807) is 0 Å². The van der Waals surface area contributed by atoms with Crippen LogP contribution in [0, 0.1) is 13.8 Å². The third-order valence-electron chi connectivity index (χ3n) is 2.53. The van der Waals surface area contributed by atoms with Crippen LogP contribution in [0.3, 0.4) is 0 Å². The Morgan fingerprint density at radius 2 is 1.76 bits per heavy atom. The van der Waals surface area contributed by atoms with Gasteiger partial charge in [-0.1, -0.05) is 0 Å². The van der Waals surface area contributed by atoms with Crippen molar-refractivity contribution >= 4 is 11.9 Å². The van der Waals surface area contributed by atoms with E-state index in [1.807, 2.05) is 20.0 Å². The Morgan fingerprint density at radius 1 is 1.12 bits per heavy atom. The summed E-state index contributed by atoms with van der Waals surface area (Å²) in [6, 6.07) is 0. The highest BCUT2D eigenvalue weighted by molar-refractivity contribution is 5.25. The molecule has 0 radical (unpaired) electrons. The number of aromatic nitrogens is 5. The summed E-state index contributed by atoms with van der Waals surface area (Å²) < 4.78 is 2.09. The average Bonchev–Trinajstić information content (AvgIpc) is 2.55. The highest BCUT2D eigenvalue weighted by atomic mass is 15.1. The first-order chi connectivity index (χ1) is 8.06. The lowest BCUT2D eigenvalue weighted by Crippen LogP contribution is -2.11. The molecular formula is C10H15N7. The second-order valence-electron chi connectivity index (χ2n) is 3.82. The molecule has 2 rings (SSSR count). The molecule has 2 aromatic rings. The fraction of sp³-hybridized carbons (Fsp3) is 0.400. The van der Waals surface area contributed by atoms with Gasteiger partial charge in [-0.2, -0.15) is 15.0 Å². The second kappa shape index (κ2) is 4.36. The molecule has 17 heavy (non-hydrogen) atoms. The van der Waals surface area contributed by atoms with E-state index >= 15 is 0 Å². The van der Waals surface area contributed by atoms with Crippen molar-refractivity contribution in [1.29, 1.82) is 0 Å². The second-order valence-corrected chi connectivity index (χ2v) is 3.82. The summed E-state index contributed by atoms with van der Waals surface area (Å²) in [6.07, 6.45) is 2.49. The van der Waals surface area contributed by atoms with Gasteiger partial charge in [-0.3, -0.25) is 0 Å². The first kappa shape index (κ1) is 11.3. The number of imidazole rings is 1. The van der Waals surface area contributed by atoms with Gasteiger partial charge in [-0.05, 0) is 13.8 Å². The highest BCUT2D eigenvalue weighted by Crippen LogP contribution is 2.06. The fourth-order valence-electron chi connectivity index (χ4n) is 1.70. The van der Waals surface area contributed by atoms with Crippen LogP contribution in [0.1, 0.15) is 17.3 Å².